The second-order valence-corrected chi connectivity index (χ2v) is 10.7. The highest BCUT2D eigenvalue weighted by atomic mass is 32.2. The number of hydrogen-bond acceptors (Lipinski definition) is 4. The minimum absolute atomic E-state index is 0.171. The molecule has 0 spiro atoms. The molecule has 152 valence electrons. The lowest BCUT2D eigenvalue weighted by Crippen LogP contribution is -2.49. The smallest absolute Gasteiger partial charge is 0.238 e. The van der Waals surface area contributed by atoms with Crippen LogP contribution in [0.3, 0.4) is 0 Å². The number of aromatic nitrogens is 1. The van der Waals surface area contributed by atoms with Gasteiger partial charge in [0.1, 0.15) is 5.25 Å². The van der Waals surface area contributed by atoms with Crippen LogP contribution in [0, 0.1) is 5.92 Å². The van der Waals surface area contributed by atoms with E-state index < -0.39 is 15.1 Å². The predicted molar refractivity (Wildman–Crippen MR) is 111 cm³/mol. The Hall–Kier alpha value is -1.86. The highest BCUT2D eigenvalue weighted by Crippen LogP contribution is 2.45. The third-order valence-corrected chi connectivity index (χ3v) is 7.96. The van der Waals surface area contributed by atoms with Crippen molar-refractivity contribution in [2.45, 2.75) is 43.4 Å². The molecule has 2 heterocycles. The van der Waals surface area contributed by atoms with E-state index in [1.165, 1.54) is 28.3 Å². The number of amides is 1. The predicted octanol–water partition coefficient (Wildman–Crippen LogP) is 2.07. The molecular formula is C21H29N3O3S. The molecule has 4 atom stereocenters. The monoisotopic (exact) mass is 403 g/mol. The van der Waals surface area contributed by atoms with Gasteiger partial charge in [0.2, 0.25) is 5.91 Å². The molecule has 1 fully saturated rings. The number of piperidine rings is 1. The van der Waals surface area contributed by atoms with Crippen LogP contribution in [0.1, 0.15) is 36.8 Å². The standard InChI is InChI=1S/C21H29N3O3S/c1-4-22-21(25)19(28(3,26)27)9-13-8-16-15-6-5-7-17-20(15)14(11-23-17)10-18(16)24(2)12-13/h5-7,11,13,16,18-19,23H,4,8-10,12H2,1-3H3,(H,22,25)/t13-,16?,18+,19?/m0/s1. The molecule has 2 N–H and O–H groups in total. The number of nitrogens with zero attached hydrogens (tertiary/aromatic N) is 1. The lowest BCUT2D eigenvalue weighted by Gasteiger charge is -2.46. The van der Waals surface area contributed by atoms with Gasteiger partial charge in [-0.05, 0) is 56.3 Å². The van der Waals surface area contributed by atoms with Gasteiger partial charge in [0, 0.05) is 48.4 Å². The molecule has 0 radical (unpaired) electrons. The van der Waals surface area contributed by atoms with Crippen molar-refractivity contribution >= 4 is 26.6 Å². The van der Waals surface area contributed by atoms with Gasteiger partial charge < -0.3 is 15.2 Å². The van der Waals surface area contributed by atoms with Gasteiger partial charge in [-0.15, -0.1) is 0 Å². The van der Waals surface area contributed by atoms with Gasteiger partial charge >= 0.3 is 0 Å². The lowest BCUT2D eigenvalue weighted by atomic mass is 9.71. The number of likely N-dealkylation sites (tertiary alicyclic amines) is 1. The quantitative estimate of drug-likeness (QED) is 0.801. The number of likely N-dealkylation sites (N-methyl/N-ethyl adjacent to an activating group) is 1. The topological polar surface area (TPSA) is 82.3 Å². The Morgan fingerprint density at radius 3 is 2.89 bits per heavy atom. The minimum Gasteiger partial charge on any atom is -0.361 e. The summed E-state index contributed by atoms with van der Waals surface area (Å²) in [4.78, 5) is 18.2. The van der Waals surface area contributed by atoms with Gasteiger partial charge in [0.05, 0.1) is 0 Å². The van der Waals surface area contributed by atoms with Crippen LogP contribution >= 0.6 is 0 Å². The number of H-pyrrole nitrogens is 1. The number of carbonyl (C=O) groups excluding carboxylic acids is 1. The van der Waals surface area contributed by atoms with Crippen LogP contribution in [0.2, 0.25) is 0 Å². The van der Waals surface area contributed by atoms with Crippen molar-refractivity contribution in [3.63, 3.8) is 0 Å². The SMILES string of the molecule is CCNC(=O)C(C[C@@H]1CC2c3cccc4[nH]cc(c34)C[C@H]2N(C)C1)S(C)(=O)=O. The van der Waals surface area contributed by atoms with E-state index >= 15 is 0 Å². The van der Waals surface area contributed by atoms with Gasteiger partial charge in [-0.25, -0.2) is 8.42 Å². The van der Waals surface area contributed by atoms with Gasteiger partial charge in [-0.1, -0.05) is 12.1 Å². The molecule has 2 aromatic rings. The maximum atomic E-state index is 12.4. The van der Waals surface area contributed by atoms with Gasteiger partial charge in [-0.2, -0.15) is 0 Å². The fourth-order valence-electron chi connectivity index (χ4n) is 5.29. The van der Waals surface area contributed by atoms with Crippen LogP contribution in [0.15, 0.2) is 24.4 Å². The third kappa shape index (κ3) is 3.35. The summed E-state index contributed by atoms with van der Waals surface area (Å²) in [5.41, 5.74) is 3.90. The van der Waals surface area contributed by atoms with E-state index in [4.69, 9.17) is 0 Å². The zero-order valence-electron chi connectivity index (χ0n) is 16.7. The van der Waals surface area contributed by atoms with E-state index in [-0.39, 0.29) is 11.8 Å². The van der Waals surface area contributed by atoms with Crippen LogP contribution in [0.25, 0.3) is 10.9 Å². The highest BCUT2D eigenvalue weighted by molar-refractivity contribution is 7.92. The molecular weight excluding hydrogens is 374 g/mol. The Balaban J connectivity index is 1.62. The Labute approximate surface area is 166 Å². The first kappa shape index (κ1) is 19.5. The second kappa shape index (κ2) is 7.19. The van der Waals surface area contributed by atoms with Gasteiger partial charge in [-0.3, -0.25) is 4.79 Å². The van der Waals surface area contributed by atoms with Gasteiger partial charge in [0.15, 0.2) is 9.84 Å². The van der Waals surface area contributed by atoms with Gasteiger partial charge in [0.25, 0.3) is 0 Å². The summed E-state index contributed by atoms with van der Waals surface area (Å²) < 4.78 is 24.6. The number of rotatable bonds is 5. The van der Waals surface area contributed by atoms with Crippen molar-refractivity contribution in [3.05, 3.63) is 35.5 Å². The van der Waals surface area contributed by atoms with E-state index in [9.17, 15) is 13.2 Å². The summed E-state index contributed by atoms with van der Waals surface area (Å²) in [6.07, 6.45) is 5.61. The molecule has 0 bridgehead atoms. The first-order valence-electron chi connectivity index (χ1n) is 10.0. The molecule has 7 heteroatoms. The summed E-state index contributed by atoms with van der Waals surface area (Å²) in [5.74, 6) is 0.169. The molecule has 1 aliphatic carbocycles. The molecule has 1 saturated heterocycles. The molecule has 1 aromatic carbocycles. The summed E-state index contributed by atoms with van der Waals surface area (Å²) >= 11 is 0. The summed E-state index contributed by atoms with van der Waals surface area (Å²) in [6.45, 7) is 3.08. The van der Waals surface area contributed by atoms with E-state index in [1.807, 2.05) is 6.92 Å². The Morgan fingerprint density at radius 1 is 1.39 bits per heavy atom. The number of carbonyl (C=O) groups is 1. The molecule has 1 aromatic heterocycles. The van der Waals surface area contributed by atoms with Crippen molar-refractivity contribution in [2.75, 3.05) is 26.4 Å². The first-order valence-corrected chi connectivity index (χ1v) is 12.0. The number of nitrogens with one attached hydrogen (secondary N) is 2. The van der Waals surface area contributed by atoms with Crippen LogP contribution in [-0.2, 0) is 21.1 Å². The molecule has 1 aliphatic heterocycles. The lowest BCUT2D eigenvalue weighted by molar-refractivity contribution is -0.121. The van der Waals surface area contributed by atoms with Crippen LogP contribution < -0.4 is 5.32 Å². The Kier molecular flexibility index (Phi) is 5.00. The summed E-state index contributed by atoms with van der Waals surface area (Å²) in [5, 5.41) is 3.07. The number of sulfone groups is 1. The molecule has 0 saturated carbocycles. The zero-order chi connectivity index (χ0) is 20.1. The van der Waals surface area contributed by atoms with E-state index in [0.717, 1.165) is 19.4 Å². The fraction of sp³-hybridized carbons (Fsp3) is 0.571. The van der Waals surface area contributed by atoms with Crippen LogP contribution in [0.5, 0.6) is 0 Å². The van der Waals surface area contributed by atoms with Crippen molar-refractivity contribution in [2.24, 2.45) is 5.92 Å². The third-order valence-electron chi connectivity index (χ3n) is 6.52. The fourth-order valence-corrected chi connectivity index (χ4v) is 6.39. The highest BCUT2D eigenvalue weighted by Gasteiger charge is 2.41. The molecule has 1 amide bonds. The number of aromatic amines is 1. The summed E-state index contributed by atoms with van der Waals surface area (Å²) in [7, 11) is -1.32. The second-order valence-electron chi connectivity index (χ2n) is 8.45. The molecule has 4 rings (SSSR count). The number of benzene rings is 1. The molecule has 6 nitrogen and oxygen atoms in total. The molecule has 2 unspecified atom stereocenters. The average Bonchev–Trinajstić information content (AvgIpc) is 3.04. The van der Waals surface area contributed by atoms with Crippen LogP contribution in [-0.4, -0.2) is 61.9 Å². The largest absolute Gasteiger partial charge is 0.361 e. The zero-order valence-corrected chi connectivity index (χ0v) is 17.6. The van der Waals surface area contributed by atoms with Crippen molar-refractivity contribution in [1.29, 1.82) is 0 Å². The molecule has 28 heavy (non-hydrogen) atoms. The maximum absolute atomic E-state index is 12.4. The van der Waals surface area contributed by atoms with E-state index in [0.29, 0.717) is 24.9 Å². The van der Waals surface area contributed by atoms with Crippen molar-refractivity contribution in [3.8, 4) is 0 Å². The maximum Gasteiger partial charge on any atom is 0.238 e. The van der Waals surface area contributed by atoms with E-state index in [2.05, 4.69) is 46.6 Å². The van der Waals surface area contributed by atoms with Crippen molar-refractivity contribution in [1.82, 2.24) is 15.2 Å². The Bertz CT molecular complexity index is 997. The first-order chi connectivity index (χ1) is 13.3. The average molecular weight is 404 g/mol. The Morgan fingerprint density at radius 2 is 2.18 bits per heavy atom. The minimum atomic E-state index is -3.45. The van der Waals surface area contributed by atoms with Crippen LogP contribution in [0.4, 0.5) is 0 Å². The molecule has 2 aliphatic rings. The number of fused-ring (bicyclic) bond motifs is 2. The number of hydrogen-bond donors (Lipinski definition) is 2. The summed E-state index contributed by atoms with van der Waals surface area (Å²) in [6, 6.07) is 6.84. The normalized spacial score (nSPS) is 26.0. The van der Waals surface area contributed by atoms with E-state index in [1.54, 1.807) is 0 Å². The van der Waals surface area contributed by atoms with Crippen molar-refractivity contribution < 1.29 is 13.2 Å².